The van der Waals surface area contributed by atoms with Crippen molar-refractivity contribution in [2.24, 2.45) is 0 Å². The molecule has 0 saturated carbocycles. The average Bonchev–Trinajstić information content (AvgIpc) is 2.80. The van der Waals surface area contributed by atoms with Crippen LogP contribution in [0.5, 0.6) is 0 Å². The first-order valence-electron chi connectivity index (χ1n) is 6.87. The largest absolute Gasteiger partial charge is 0.295 e. The molecule has 1 aromatic heterocycles. The molecule has 3 aromatic rings. The molecule has 0 bridgehead atoms. The zero-order valence-electron chi connectivity index (χ0n) is 12.2. The lowest BCUT2D eigenvalue weighted by atomic mass is 10.2. The van der Waals surface area contributed by atoms with Crippen LogP contribution in [0.4, 0.5) is 0 Å². The highest BCUT2D eigenvalue weighted by Crippen LogP contribution is 2.30. The Balaban J connectivity index is 2.35. The van der Waals surface area contributed by atoms with E-state index in [0.29, 0.717) is 0 Å². The highest BCUT2D eigenvalue weighted by atomic mass is 35.5. The third-order valence-corrected chi connectivity index (χ3v) is 4.21. The van der Waals surface area contributed by atoms with Crippen molar-refractivity contribution < 1.29 is 0 Å². The summed E-state index contributed by atoms with van der Waals surface area (Å²) < 4.78 is 2.09. The fourth-order valence-electron chi connectivity index (χ4n) is 2.46. The number of rotatable bonds is 2. The van der Waals surface area contributed by atoms with Gasteiger partial charge >= 0.3 is 0 Å². The fourth-order valence-corrected chi connectivity index (χ4v) is 2.78. The molecule has 4 heteroatoms. The number of hydrogen-bond donors (Lipinski definition) is 0. The van der Waals surface area contributed by atoms with E-state index < -0.39 is 0 Å². The molecular formula is C17H16Cl2N2. The summed E-state index contributed by atoms with van der Waals surface area (Å²) in [4.78, 5) is 4.67. The van der Waals surface area contributed by atoms with Crippen LogP contribution < -0.4 is 0 Å². The summed E-state index contributed by atoms with van der Waals surface area (Å²) >= 11 is 12.6. The maximum Gasteiger partial charge on any atom is 0.132 e. The SMILES string of the molecule is Cc1ccc2nc(C(C)Cl)n(-c3ccc(C)c(Cl)c3)c2c1. The van der Waals surface area contributed by atoms with Crippen LogP contribution in [-0.2, 0) is 0 Å². The summed E-state index contributed by atoms with van der Waals surface area (Å²) in [6, 6.07) is 12.2. The third-order valence-electron chi connectivity index (χ3n) is 3.61. The van der Waals surface area contributed by atoms with Crippen LogP contribution in [0.2, 0.25) is 5.02 Å². The van der Waals surface area contributed by atoms with Gasteiger partial charge in [-0.1, -0.05) is 23.7 Å². The van der Waals surface area contributed by atoms with Crippen LogP contribution in [0.25, 0.3) is 16.7 Å². The Kier molecular flexibility index (Phi) is 3.68. The first-order valence-corrected chi connectivity index (χ1v) is 7.68. The number of halogens is 2. The second-order valence-electron chi connectivity index (χ2n) is 5.35. The maximum atomic E-state index is 6.32. The van der Waals surface area contributed by atoms with Crippen molar-refractivity contribution in [1.82, 2.24) is 9.55 Å². The van der Waals surface area contributed by atoms with Gasteiger partial charge < -0.3 is 0 Å². The van der Waals surface area contributed by atoms with Crippen LogP contribution >= 0.6 is 23.2 Å². The van der Waals surface area contributed by atoms with E-state index in [-0.39, 0.29) is 5.38 Å². The Morgan fingerprint density at radius 2 is 1.86 bits per heavy atom. The highest BCUT2D eigenvalue weighted by molar-refractivity contribution is 6.31. The van der Waals surface area contributed by atoms with Gasteiger partial charge in [0.05, 0.1) is 16.4 Å². The molecule has 0 spiro atoms. The van der Waals surface area contributed by atoms with E-state index in [1.807, 2.05) is 38.1 Å². The van der Waals surface area contributed by atoms with Gasteiger partial charge in [0.2, 0.25) is 0 Å². The second kappa shape index (κ2) is 5.36. The van der Waals surface area contributed by atoms with E-state index in [9.17, 15) is 0 Å². The van der Waals surface area contributed by atoms with Gasteiger partial charge in [0.25, 0.3) is 0 Å². The Labute approximate surface area is 134 Å². The van der Waals surface area contributed by atoms with Crippen LogP contribution in [0, 0.1) is 13.8 Å². The minimum atomic E-state index is -0.183. The van der Waals surface area contributed by atoms with Gasteiger partial charge in [-0.25, -0.2) is 4.98 Å². The normalized spacial score (nSPS) is 12.8. The highest BCUT2D eigenvalue weighted by Gasteiger charge is 2.16. The molecule has 0 saturated heterocycles. The van der Waals surface area contributed by atoms with Crippen molar-refractivity contribution in [3.05, 3.63) is 58.4 Å². The lowest BCUT2D eigenvalue weighted by Gasteiger charge is -2.12. The molecule has 2 aromatic carbocycles. The van der Waals surface area contributed by atoms with Gasteiger partial charge in [0.1, 0.15) is 5.82 Å². The first kappa shape index (κ1) is 14.4. The van der Waals surface area contributed by atoms with Crippen molar-refractivity contribution in [2.45, 2.75) is 26.1 Å². The smallest absolute Gasteiger partial charge is 0.132 e. The number of aryl methyl sites for hydroxylation is 2. The lowest BCUT2D eigenvalue weighted by Crippen LogP contribution is -2.02. The molecule has 0 aliphatic carbocycles. The van der Waals surface area contributed by atoms with E-state index >= 15 is 0 Å². The molecule has 0 amide bonds. The van der Waals surface area contributed by atoms with Gasteiger partial charge in [-0.3, -0.25) is 4.57 Å². The van der Waals surface area contributed by atoms with Crippen LogP contribution in [0.15, 0.2) is 36.4 Å². The van der Waals surface area contributed by atoms with E-state index in [1.54, 1.807) is 0 Å². The Hall–Kier alpha value is -1.51. The van der Waals surface area contributed by atoms with Crippen molar-refractivity contribution in [2.75, 3.05) is 0 Å². The average molecular weight is 319 g/mol. The molecule has 0 fully saturated rings. The number of nitrogens with zero attached hydrogens (tertiary/aromatic N) is 2. The van der Waals surface area contributed by atoms with Gasteiger partial charge in [0.15, 0.2) is 0 Å². The Bertz CT molecular complexity index is 819. The molecule has 21 heavy (non-hydrogen) atoms. The first-order chi connectivity index (χ1) is 9.97. The Morgan fingerprint density at radius 3 is 2.52 bits per heavy atom. The molecule has 1 unspecified atom stereocenters. The van der Waals surface area contributed by atoms with E-state index in [2.05, 4.69) is 28.6 Å². The molecule has 3 rings (SSSR count). The zero-order valence-corrected chi connectivity index (χ0v) is 13.7. The lowest BCUT2D eigenvalue weighted by molar-refractivity contribution is 0.882. The molecule has 0 radical (unpaired) electrons. The number of imidazole rings is 1. The summed E-state index contributed by atoms with van der Waals surface area (Å²) in [6.07, 6.45) is 0. The van der Waals surface area contributed by atoms with E-state index in [4.69, 9.17) is 23.2 Å². The monoisotopic (exact) mass is 318 g/mol. The van der Waals surface area contributed by atoms with Crippen molar-refractivity contribution in [3.63, 3.8) is 0 Å². The number of aromatic nitrogens is 2. The van der Waals surface area contributed by atoms with Gasteiger partial charge in [0, 0.05) is 10.7 Å². The molecule has 0 aliphatic rings. The molecule has 0 N–H and O–H groups in total. The summed E-state index contributed by atoms with van der Waals surface area (Å²) in [7, 11) is 0. The molecule has 1 heterocycles. The van der Waals surface area contributed by atoms with Gasteiger partial charge in [-0.2, -0.15) is 0 Å². The zero-order chi connectivity index (χ0) is 15.1. The molecule has 108 valence electrons. The van der Waals surface area contributed by atoms with Crippen LogP contribution in [0.3, 0.4) is 0 Å². The van der Waals surface area contributed by atoms with Gasteiger partial charge in [-0.15, -0.1) is 11.6 Å². The van der Waals surface area contributed by atoms with Crippen molar-refractivity contribution in [3.8, 4) is 5.69 Å². The van der Waals surface area contributed by atoms with Crippen molar-refractivity contribution >= 4 is 34.2 Å². The number of hydrogen-bond acceptors (Lipinski definition) is 1. The molecule has 0 aliphatic heterocycles. The number of benzene rings is 2. The quantitative estimate of drug-likeness (QED) is 0.563. The predicted octanol–water partition coefficient (Wildman–Crippen LogP) is 5.60. The molecule has 1 atom stereocenters. The summed E-state index contributed by atoms with van der Waals surface area (Å²) in [5.74, 6) is 0.831. The molecule has 2 nitrogen and oxygen atoms in total. The molecular weight excluding hydrogens is 303 g/mol. The van der Waals surface area contributed by atoms with Crippen molar-refractivity contribution in [1.29, 1.82) is 0 Å². The minimum Gasteiger partial charge on any atom is -0.295 e. The number of fused-ring (bicyclic) bond motifs is 1. The summed E-state index contributed by atoms with van der Waals surface area (Å²) in [6.45, 7) is 6.00. The fraction of sp³-hybridized carbons (Fsp3) is 0.235. The minimum absolute atomic E-state index is 0.183. The number of alkyl halides is 1. The standard InChI is InChI=1S/C17H16Cl2N2/c1-10-4-7-15-16(8-10)21(17(20-15)12(3)18)13-6-5-11(2)14(19)9-13/h4-9,12H,1-3H3. The van der Waals surface area contributed by atoms with E-state index in [1.165, 1.54) is 5.56 Å². The second-order valence-corrected chi connectivity index (χ2v) is 6.41. The maximum absolute atomic E-state index is 6.32. The van der Waals surface area contributed by atoms with E-state index in [0.717, 1.165) is 33.1 Å². The van der Waals surface area contributed by atoms with Gasteiger partial charge in [-0.05, 0) is 56.2 Å². The van der Waals surface area contributed by atoms with Crippen LogP contribution in [0.1, 0.15) is 29.3 Å². The predicted molar refractivity (Wildman–Crippen MR) is 89.8 cm³/mol. The summed E-state index contributed by atoms with van der Waals surface area (Å²) in [5, 5.41) is 0.563. The Morgan fingerprint density at radius 1 is 1.10 bits per heavy atom. The topological polar surface area (TPSA) is 17.8 Å². The third kappa shape index (κ3) is 2.54. The summed E-state index contributed by atoms with van der Waals surface area (Å²) in [5.41, 5.74) is 5.23. The van der Waals surface area contributed by atoms with Crippen LogP contribution in [-0.4, -0.2) is 9.55 Å².